The highest BCUT2D eigenvalue weighted by atomic mass is 32.2. The predicted molar refractivity (Wildman–Crippen MR) is 110 cm³/mol. The van der Waals surface area contributed by atoms with Gasteiger partial charge in [0.25, 0.3) is 5.91 Å². The second-order valence-electron chi connectivity index (χ2n) is 6.43. The van der Waals surface area contributed by atoms with Crippen molar-refractivity contribution in [3.63, 3.8) is 0 Å². The molecule has 3 rings (SSSR count). The maximum atomic E-state index is 13.0. The van der Waals surface area contributed by atoms with Crippen LogP contribution in [-0.4, -0.2) is 45.5 Å². The first-order valence-corrected chi connectivity index (χ1v) is 10.8. The van der Waals surface area contributed by atoms with Gasteiger partial charge >= 0.3 is 0 Å². The molecule has 0 saturated carbocycles. The number of nitrogens with one attached hydrogen (secondary N) is 1. The summed E-state index contributed by atoms with van der Waals surface area (Å²) in [6.45, 7) is 7.35. The van der Waals surface area contributed by atoms with Gasteiger partial charge in [-0.1, -0.05) is 18.2 Å². The molecule has 1 aliphatic heterocycles. The first-order valence-electron chi connectivity index (χ1n) is 9.33. The largest absolute Gasteiger partial charge is 0.486 e. The van der Waals surface area contributed by atoms with Gasteiger partial charge < -0.3 is 14.4 Å². The second-order valence-corrected chi connectivity index (χ2v) is 8.19. The molecule has 29 heavy (non-hydrogen) atoms. The molecular formula is C21H24N2O5S. The Morgan fingerprint density at radius 3 is 2.59 bits per heavy atom. The van der Waals surface area contributed by atoms with E-state index in [0.717, 1.165) is 5.56 Å². The van der Waals surface area contributed by atoms with Crippen molar-refractivity contribution in [1.82, 2.24) is 9.62 Å². The van der Waals surface area contributed by atoms with Crippen molar-refractivity contribution < 1.29 is 22.7 Å². The average molecular weight is 416 g/mol. The van der Waals surface area contributed by atoms with Crippen LogP contribution in [-0.2, 0) is 16.6 Å². The van der Waals surface area contributed by atoms with Crippen LogP contribution in [0, 0.1) is 0 Å². The van der Waals surface area contributed by atoms with Crippen LogP contribution in [0.4, 0.5) is 0 Å². The summed E-state index contributed by atoms with van der Waals surface area (Å²) in [5.41, 5.74) is 1.28. The molecule has 1 heterocycles. The Morgan fingerprint density at radius 2 is 1.90 bits per heavy atom. The van der Waals surface area contributed by atoms with Gasteiger partial charge in [0.15, 0.2) is 11.5 Å². The molecule has 0 radical (unpaired) electrons. The van der Waals surface area contributed by atoms with Crippen LogP contribution < -0.4 is 14.2 Å². The normalized spacial score (nSPS) is 13.0. The number of ether oxygens (including phenoxy) is 2. The van der Waals surface area contributed by atoms with Crippen molar-refractivity contribution in [2.75, 3.05) is 26.3 Å². The first kappa shape index (κ1) is 20.9. The van der Waals surface area contributed by atoms with Crippen LogP contribution in [0.2, 0.25) is 0 Å². The van der Waals surface area contributed by atoms with Crippen LogP contribution in [0.25, 0.3) is 0 Å². The lowest BCUT2D eigenvalue weighted by molar-refractivity contribution is 0.0749. The van der Waals surface area contributed by atoms with E-state index in [2.05, 4.69) is 11.3 Å². The van der Waals surface area contributed by atoms with Crippen LogP contribution in [0.1, 0.15) is 22.8 Å². The second kappa shape index (κ2) is 9.11. The third-order valence-electron chi connectivity index (χ3n) is 4.51. The van der Waals surface area contributed by atoms with Crippen LogP contribution >= 0.6 is 0 Å². The highest BCUT2D eigenvalue weighted by Crippen LogP contribution is 2.34. The van der Waals surface area contributed by atoms with Gasteiger partial charge in [0.05, 0.1) is 4.90 Å². The molecule has 0 aliphatic carbocycles. The molecule has 0 saturated heterocycles. The smallest absolute Gasteiger partial charge is 0.254 e. The van der Waals surface area contributed by atoms with Gasteiger partial charge in [-0.25, -0.2) is 13.1 Å². The molecule has 1 amide bonds. The Labute approximate surface area is 171 Å². The number of rotatable bonds is 8. The van der Waals surface area contributed by atoms with Crippen molar-refractivity contribution in [3.8, 4) is 11.5 Å². The molecule has 1 aliphatic rings. The number of carbonyl (C=O) groups is 1. The van der Waals surface area contributed by atoms with E-state index < -0.39 is 10.0 Å². The number of sulfonamides is 1. The van der Waals surface area contributed by atoms with Gasteiger partial charge in [-0.05, 0) is 37.3 Å². The number of hydrogen-bond donors (Lipinski definition) is 1. The molecule has 1 N–H and O–H groups in total. The summed E-state index contributed by atoms with van der Waals surface area (Å²) in [7, 11) is -3.63. The zero-order valence-electron chi connectivity index (χ0n) is 16.3. The number of amides is 1. The minimum Gasteiger partial charge on any atom is -0.486 e. The van der Waals surface area contributed by atoms with Gasteiger partial charge in [0.2, 0.25) is 10.0 Å². The Morgan fingerprint density at radius 1 is 1.17 bits per heavy atom. The molecular weight excluding hydrogens is 392 g/mol. The van der Waals surface area contributed by atoms with E-state index in [-0.39, 0.29) is 17.3 Å². The molecule has 7 nitrogen and oxygen atoms in total. The van der Waals surface area contributed by atoms with Crippen molar-refractivity contribution in [1.29, 1.82) is 0 Å². The minimum absolute atomic E-state index is 0.0987. The summed E-state index contributed by atoms with van der Waals surface area (Å²) in [6.07, 6.45) is 1.46. The van der Waals surface area contributed by atoms with Crippen LogP contribution in [0.3, 0.4) is 0 Å². The van der Waals surface area contributed by atoms with Gasteiger partial charge in [0.1, 0.15) is 13.2 Å². The predicted octanol–water partition coefficient (Wildman–Crippen LogP) is 2.58. The molecule has 0 unspecified atom stereocenters. The van der Waals surface area contributed by atoms with E-state index in [0.29, 0.717) is 43.4 Å². The molecule has 0 bridgehead atoms. The van der Waals surface area contributed by atoms with Gasteiger partial charge in [0, 0.05) is 30.8 Å². The van der Waals surface area contributed by atoms with E-state index >= 15 is 0 Å². The molecule has 0 aromatic heterocycles. The summed E-state index contributed by atoms with van der Waals surface area (Å²) >= 11 is 0. The molecule has 154 valence electrons. The van der Waals surface area contributed by atoms with E-state index in [1.54, 1.807) is 4.90 Å². The zero-order chi connectivity index (χ0) is 20.9. The summed E-state index contributed by atoms with van der Waals surface area (Å²) in [4.78, 5) is 14.7. The number of para-hydroxylation sites is 1. The number of benzene rings is 2. The monoisotopic (exact) mass is 416 g/mol. The quantitative estimate of drug-likeness (QED) is 0.669. The fourth-order valence-corrected chi connectivity index (χ4v) is 4.00. The topological polar surface area (TPSA) is 84.9 Å². The SMILES string of the molecule is C=CCNS(=O)(=O)c1ccc(C(=O)N(CC)Cc2cccc3c2OCCO3)cc1. The molecule has 0 spiro atoms. The summed E-state index contributed by atoms with van der Waals surface area (Å²) in [5.74, 6) is 1.16. The summed E-state index contributed by atoms with van der Waals surface area (Å²) < 4.78 is 38.0. The maximum Gasteiger partial charge on any atom is 0.254 e. The third kappa shape index (κ3) is 4.78. The van der Waals surface area contributed by atoms with E-state index in [1.807, 2.05) is 25.1 Å². The highest BCUT2D eigenvalue weighted by Gasteiger charge is 2.21. The lowest BCUT2D eigenvalue weighted by Crippen LogP contribution is -2.31. The zero-order valence-corrected chi connectivity index (χ0v) is 17.1. The number of nitrogens with zero attached hydrogens (tertiary/aromatic N) is 1. The van der Waals surface area contributed by atoms with E-state index in [4.69, 9.17) is 9.47 Å². The van der Waals surface area contributed by atoms with Crippen molar-refractivity contribution in [3.05, 3.63) is 66.2 Å². The summed E-state index contributed by atoms with van der Waals surface area (Å²) in [5, 5.41) is 0. The Balaban J connectivity index is 1.77. The molecule has 0 fully saturated rings. The van der Waals surface area contributed by atoms with Gasteiger partial charge in [-0.3, -0.25) is 4.79 Å². The highest BCUT2D eigenvalue weighted by molar-refractivity contribution is 7.89. The molecule has 2 aromatic rings. The van der Waals surface area contributed by atoms with E-state index in [1.165, 1.54) is 30.3 Å². The fraction of sp³-hybridized carbons (Fsp3) is 0.286. The lowest BCUT2D eigenvalue weighted by Gasteiger charge is -2.25. The van der Waals surface area contributed by atoms with Gasteiger partial charge in [-0.2, -0.15) is 0 Å². The Bertz CT molecular complexity index is 987. The average Bonchev–Trinajstić information content (AvgIpc) is 2.75. The van der Waals surface area contributed by atoms with Crippen LogP contribution in [0.5, 0.6) is 11.5 Å². The fourth-order valence-electron chi connectivity index (χ4n) is 3.00. The Hall–Kier alpha value is -2.84. The molecule has 8 heteroatoms. The van der Waals surface area contributed by atoms with Crippen molar-refractivity contribution in [2.45, 2.75) is 18.4 Å². The van der Waals surface area contributed by atoms with Crippen LogP contribution in [0.15, 0.2) is 60.0 Å². The number of hydrogen-bond acceptors (Lipinski definition) is 5. The Kier molecular flexibility index (Phi) is 6.56. The summed E-state index contributed by atoms with van der Waals surface area (Å²) in [6, 6.07) is 11.5. The van der Waals surface area contributed by atoms with Gasteiger partial charge in [-0.15, -0.1) is 6.58 Å². The minimum atomic E-state index is -3.63. The molecule has 2 aromatic carbocycles. The standard InChI is InChI=1S/C21H24N2O5S/c1-3-12-22-29(25,26)18-10-8-16(9-11-18)21(24)23(4-2)15-17-6-5-7-19-20(17)28-14-13-27-19/h3,5-11,22H,1,4,12-15H2,2H3. The van der Waals surface area contributed by atoms with E-state index in [9.17, 15) is 13.2 Å². The number of carbonyl (C=O) groups excluding carboxylic acids is 1. The number of fused-ring (bicyclic) bond motifs is 1. The van der Waals surface area contributed by atoms with Crippen molar-refractivity contribution in [2.24, 2.45) is 0 Å². The first-order chi connectivity index (χ1) is 14.0. The third-order valence-corrected chi connectivity index (χ3v) is 5.95. The maximum absolute atomic E-state index is 13.0. The molecule has 0 atom stereocenters. The lowest BCUT2D eigenvalue weighted by atomic mass is 10.1. The van der Waals surface area contributed by atoms with Crippen molar-refractivity contribution >= 4 is 15.9 Å².